The van der Waals surface area contributed by atoms with Crippen molar-refractivity contribution >= 4 is 22.1 Å². The molecule has 0 aromatic carbocycles. The van der Waals surface area contributed by atoms with Gasteiger partial charge in [0.2, 0.25) is 0 Å². The van der Waals surface area contributed by atoms with Crippen molar-refractivity contribution in [2.24, 2.45) is 0 Å². The Morgan fingerprint density at radius 2 is 1.12 bits per heavy atom. The molecule has 0 saturated carbocycles. The average molecular weight is 863 g/mol. The van der Waals surface area contributed by atoms with Crippen LogP contribution in [-0.2, 0) is 38.7 Å². The van der Waals surface area contributed by atoms with Gasteiger partial charge >= 0.3 is 11.9 Å². The number of hydrogen-bond donors (Lipinski definition) is 4. The third-order valence-corrected chi connectivity index (χ3v) is 9.97. The summed E-state index contributed by atoms with van der Waals surface area (Å²) in [4.78, 5) is 25.4. The Labute approximate surface area is 360 Å². The Morgan fingerprint density at radius 3 is 1.73 bits per heavy atom. The number of ether oxygens (including phenoxy) is 4. The van der Waals surface area contributed by atoms with Crippen LogP contribution in [0.25, 0.3) is 0 Å². The first kappa shape index (κ1) is 54.6. The maximum atomic E-state index is 12.8. The number of esters is 2. The quantitative estimate of drug-likeness (QED) is 0.0159. The molecule has 1 aliphatic heterocycles. The fraction of sp³-hybridized carbons (Fsp3) is 0.617. The van der Waals surface area contributed by atoms with Crippen LogP contribution in [0, 0.1) is 0 Å². The van der Waals surface area contributed by atoms with Gasteiger partial charge in [-0.2, -0.15) is 8.42 Å². The van der Waals surface area contributed by atoms with Crippen molar-refractivity contribution in [1.82, 2.24) is 0 Å². The summed E-state index contributed by atoms with van der Waals surface area (Å²) in [5.74, 6) is -2.07. The number of allylic oxidation sites excluding steroid dienone is 16. The van der Waals surface area contributed by atoms with Crippen molar-refractivity contribution in [1.29, 1.82) is 0 Å². The summed E-state index contributed by atoms with van der Waals surface area (Å²) in [5.41, 5.74) is 0. The monoisotopic (exact) mass is 862 g/mol. The Hall–Kier alpha value is -3.43. The first-order valence-electron chi connectivity index (χ1n) is 21.8. The standard InChI is InChI=1S/C47H74O12S/c1-3-5-7-9-11-13-15-17-19-20-22-23-25-27-29-31-33-35-42(48)56-37-40(38-57-47-46(52)45(51)44(50)41(59-47)39-60(53,54)55)58-43(49)36-34-32-30-28-26-24-21-18-16-14-12-10-8-6-4-2/h6-10,12-16,18-21,23,25,40-41,44-47,50-52H,3-5,11,17,22,24,26-39H2,1-2H3,(H,53,54,55)/b8-6+,9-7+,12-10+,15-13+,16-14+,20-19+,21-18+,25-23+/t40-,41-,44-,45?,46?,47+/m1/s1. The lowest BCUT2D eigenvalue weighted by Gasteiger charge is -2.40. The minimum Gasteiger partial charge on any atom is -0.462 e. The molecule has 340 valence electrons. The zero-order chi connectivity index (χ0) is 44.1. The van der Waals surface area contributed by atoms with Gasteiger partial charge in [0.25, 0.3) is 10.1 Å². The van der Waals surface area contributed by atoms with Gasteiger partial charge in [-0.1, -0.05) is 143 Å². The van der Waals surface area contributed by atoms with Crippen LogP contribution >= 0.6 is 0 Å². The molecule has 1 heterocycles. The van der Waals surface area contributed by atoms with E-state index in [9.17, 15) is 37.9 Å². The fourth-order valence-corrected chi connectivity index (χ4v) is 6.54. The van der Waals surface area contributed by atoms with Gasteiger partial charge in [0.1, 0.15) is 36.8 Å². The van der Waals surface area contributed by atoms with Gasteiger partial charge in [-0.25, -0.2) is 0 Å². The van der Waals surface area contributed by atoms with E-state index < -0.39 is 71.2 Å². The lowest BCUT2D eigenvalue weighted by Crippen LogP contribution is -2.60. The molecule has 0 bridgehead atoms. The number of carbonyl (C=O) groups is 2. The van der Waals surface area contributed by atoms with Crippen LogP contribution in [0.5, 0.6) is 0 Å². The molecule has 1 saturated heterocycles. The van der Waals surface area contributed by atoms with Gasteiger partial charge in [-0.15, -0.1) is 0 Å². The number of hydrogen-bond acceptors (Lipinski definition) is 11. The maximum absolute atomic E-state index is 12.8. The number of aliphatic hydroxyl groups excluding tert-OH is 3. The summed E-state index contributed by atoms with van der Waals surface area (Å²) >= 11 is 0. The smallest absolute Gasteiger partial charge is 0.306 e. The van der Waals surface area contributed by atoms with Crippen LogP contribution in [0.15, 0.2) is 97.2 Å². The molecular formula is C47H74O12S. The topological polar surface area (TPSA) is 186 Å². The van der Waals surface area contributed by atoms with Gasteiger partial charge in [-0.05, 0) is 70.6 Å². The van der Waals surface area contributed by atoms with Crippen molar-refractivity contribution in [3.8, 4) is 0 Å². The van der Waals surface area contributed by atoms with Gasteiger partial charge in [0.05, 0.1) is 6.61 Å². The molecule has 1 fully saturated rings. The number of aliphatic hydroxyl groups is 3. The van der Waals surface area contributed by atoms with Gasteiger partial charge < -0.3 is 34.3 Å². The first-order valence-corrected chi connectivity index (χ1v) is 23.5. The van der Waals surface area contributed by atoms with Crippen molar-refractivity contribution in [3.05, 3.63) is 97.2 Å². The van der Waals surface area contributed by atoms with Crippen LogP contribution < -0.4 is 0 Å². The third kappa shape index (κ3) is 30.6. The van der Waals surface area contributed by atoms with Crippen molar-refractivity contribution in [3.63, 3.8) is 0 Å². The molecule has 1 aliphatic rings. The minimum absolute atomic E-state index is 0.124. The van der Waals surface area contributed by atoms with Crippen molar-refractivity contribution in [2.75, 3.05) is 19.0 Å². The summed E-state index contributed by atoms with van der Waals surface area (Å²) in [7, 11) is -4.61. The van der Waals surface area contributed by atoms with Crippen molar-refractivity contribution in [2.45, 2.75) is 166 Å². The van der Waals surface area contributed by atoms with Gasteiger partial charge in [0, 0.05) is 12.8 Å². The third-order valence-electron chi connectivity index (χ3n) is 9.22. The van der Waals surface area contributed by atoms with E-state index in [1.807, 2.05) is 36.5 Å². The molecule has 0 radical (unpaired) electrons. The average Bonchev–Trinajstić information content (AvgIpc) is 3.21. The van der Waals surface area contributed by atoms with Crippen LogP contribution in [-0.4, -0.2) is 96.0 Å². The lowest BCUT2D eigenvalue weighted by molar-refractivity contribution is -0.297. The molecule has 0 aromatic rings. The predicted octanol–water partition coefficient (Wildman–Crippen LogP) is 8.66. The Morgan fingerprint density at radius 1 is 0.600 bits per heavy atom. The van der Waals surface area contributed by atoms with E-state index in [0.29, 0.717) is 12.8 Å². The van der Waals surface area contributed by atoms with E-state index in [1.54, 1.807) is 0 Å². The number of unbranched alkanes of at least 4 members (excludes halogenated alkanes) is 9. The molecule has 0 spiro atoms. The van der Waals surface area contributed by atoms with Crippen LogP contribution in [0.1, 0.15) is 129 Å². The lowest BCUT2D eigenvalue weighted by atomic mass is 10.00. The molecule has 12 nitrogen and oxygen atoms in total. The molecule has 6 atom stereocenters. The molecule has 60 heavy (non-hydrogen) atoms. The normalized spacial score (nSPS) is 21.1. The summed E-state index contributed by atoms with van der Waals surface area (Å²) < 4.78 is 54.0. The second-order valence-electron chi connectivity index (χ2n) is 14.7. The highest BCUT2D eigenvalue weighted by Crippen LogP contribution is 2.24. The number of carbonyl (C=O) groups excluding carboxylic acids is 2. The number of rotatable bonds is 34. The van der Waals surface area contributed by atoms with E-state index in [1.165, 1.54) is 6.42 Å². The molecular weight excluding hydrogens is 789 g/mol. The van der Waals surface area contributed by atoms with E-state index in [4.69, 9.17) is 18.9 Å². The molecule has 1 rings (SSSR count). The SMILES string of the molecule is CC/C=C/C=C/C=C/C=C/CCCCCCCC(=O)O[C@H](COC(=O)CCCCC/C=C/C/C=C/C/C=C/C/C=C/CCC)CO[C@H]1O[C@H](CS(=O)(=O)O)[C@@H](O)C(O)C1O. The summed E-state index contributed by atoms with van der Waals surface area (Å²) in [6.07, 6.45) is 38.8. The predicted molar refractivity (Wildman–Crippen MR) is 237 cm³/mol. The Kier molecular flexibility index (Phi) is 33.0. The second-order valence-corrected chi connectivity index (χ2v) is 16.2. The van der Waals surface area contributed by atoms with E-state index in [-0.39, 0.29) is 19.4 Å². The molecule has 2 unspecified atom stereocenters. The molecule has 0 amide bonds. The van der Waals surface area contributed by atoms with Crippen LogP contribution in [0.3, 0.4) is 0 Å². The minimum atomic E-state index is -4.61. The van der Waals surface area contributed by atoms with Gasteiger partial charge in [-0.3, -0.25) is 14.1 Å². The zero-order valence-corrected chi connectivity index (χ0v) is 36.8. The Bertz CT molecular complexity index is 1480. The van der Waals surface area contributed by atoms with E-state index >= 15 is 0 Å². The Balaban J connectivity index is 2.52. The molecule has 13 heteroatoms. The van der Waals surface area contributed by atoms with Crippen molar-refractivity contribution < 1.29 is 56.8 Å². The first-order chi connectivity index (χ1) is 29.0. The highest BCUT2D eigenvalue weighted by atomic mass is 32.2. The summed E-state index contributed by atoms with van der Waals surface area (Å²) in [5, 5.41) is 30.9. The maximum Gasteiger partial charge on any atom is 0.306 e. The van der Waals surface area contributed by atoms with E-state index in [2.05, 4.69) is 74.6 Å². The molecule has 0 aliphatic carbocycles. The van der Waals surface area contributed by atoms with Crippen LogP contribution in [0.4, 0.5) is 0 Å². The molecule has 0 aromatic heterocycles. The highest BCUT2D eigenvalue weighted by molar-refractivity contribution is 7.85. The second kappa shape index (κ2) is 36.2. The van der Waals surface area contributed by atoms with Gasteiger partial charge in [0.15, 0.2) is 12.4 Å². The summed E-state index contributed by atoms with van der Waals surface area (Å²) in [6.45, 7) is 3.48. The van der Waals surface area contributed by atoms with Crippen LogP contribution in [0.2, 0.25) is 0 Å². The largest absolute Gasteiger partial charge is 0.462 e. The van der Waals surface area contributed by atoms with E-state index in [0.717, 1.165) is 83.5 Å². The zero-order valence-electron chi connectivity index (χ0n) is 36.0. The highest BCUT2D eigenvalue weighted by Gasteiger charge is 2.46. The molecule has 4 N–H and O–H groups in total. The summed E-state index contributed by atoms with van der Waals surface area (Å²) in [6, 6.07) is 0. The fourth-order valence-electron chi connectivity index (χ4n) is 5.85.